The van der Waals surface area contributed by atoms with Crippen molar-refractivity contribution >= 4 is 17.3 Å². The predicted octanol–water partition coefficient (Wildman–Crippen LogP) is 3.31. The summed E-state index contributed by atoms with van der Waals surface area (Å²) < 4.78 is 0. The second-order valence-corrected chi connectivity index (χ2v) is 5.89. The zero-order chi connectivity index (χ0) is 12.8. The second kappa shape index (κ2) is 4.01. The molecular formula is C15H20N2O. The van der Waals surface area contributed by atoms with Gasteiger partial charge in [0, 0.05) is 0 Å². The fraction of sp³-hybridized carbons (Fsp3) is 0.533. The third-order valence-electron chi connectivity index (χ3n) is 4.36. The fourth-order valence-electron chi connectivity index (χ4n) is 3.03. The van der Waals surface area contributed by atoms with Gasteiger partial charge < -0.3 is 10.6 Å². The normalized spacial score (nSPS) is 30.6. The third-order valence-corrected chi connectivity index (χ3v) is 4.36. The highest BCUT2D eigenvalue weighted by atomic mass is 16.2. The highest BCUT2D eigenvalue weighted by molar-refractivity contribution is 6.06. The number of anilines is 2. The minimum absolute atomic E-state index is 0.144. The fourth-order valence-corrected chi connectivity index (χ4v) is 3.03. The first-order valence-corrected chi connectivity index (χ1v) is 6.79. The van der Waals surface area contributed by atoms with Crippen molar-refractivity contribution in [3.8, 4) is 0 Å². The first-order valence-electron chi connectivity index (χ1n) is 6.79. The van der Waals surface area contributed by atoms with Crippen molar-refractivity contribution < 1.29 is 4.79 Å². The molecule has 1 fully saturated rings. The lowest BCUT2D eigenvalue weighted by Gasteiger charge is -2.42. The monoisotopic (exact) mass is 244 g/mol. The molecule has 1 aromatic carbocycles. The molecule has 0 bridgehead atoms. The summed E-state index contributed by atoms with van der Waals surface area (Å²) in [6.45, 7) is 4.35. The van der Waals surface area contributed by atoms with E-state index in [1.54, 1.807) is 0 Å². The molecular weight excluding hydrogens is 224 g/mol. The number of carbonyl (C=O) groups excluding carboxylic acids is 1. The van der Waals surface area contributed by atoms with Gasteiger partial charge in [-0.1, -0.05) is 13.0 Å². The van der Waals surface area contributed by atoms with E-state index in [1.807, 2.05) is 12.1 Å². The van der Waals surface area contributed by atoms with Crippen LogP contribution in [-0.4, -0.2) is 11.4 Å². The van der Waals surface area contributed by atoms with E-state index in [9.17, 15) is 4.79 Å². The predicted molar refractivity (Wildman–Crippen MR) is 73.8 cm³/mol. The SMILES string of the molecule is Cc1ccc2c(c1)NC1(CCC(C)CC1)C(=O)N2. The van der Waals surface area contributed by atoms with Crippen LogP contribution in [0.15, 0.2) is 18.2 Å². The second-order valence-electron chi connectivity index (χ2n) is 5.89. The van der Waals surface area contributed by atoms with Crippen molar-refractivity contribution in [1.82, 2.24) is 0 Å². The molecule has 96 valence electrons. The number of fused-ring (bicyclic) bond motifs is 1. The minimum Gasteiger partial charge on any atom is -0.370 e. The molecule has 1 heterocycles. The largest absolute Gasteiger partial charge is 0.370 e. The Kier molecular flexibility index (Phi) is 2.58. The number of carbonyl (C=O) groups is 1. The standard InChI is InChI=1S/C15H20N2O/c1-10-5-7-15(8-6-10)14(18)16-12-4-3-11(2)9-13(12)17-15/h3-4,9-10,17H,5-8H2,1-2H3,(H,16,18). The van der Waals surface area contributed by atoms with Crippen LogP contribution in [0.1, 0.15) is 38.2 Å². The number of rotatable bonds is 0. The van der Waals surface area contributed by atoms with Gasteiger partial charge in [-0.3, -0.25) is 4.79 Å². The van der Waals surface area contributed by atoms with Crippen molar-refractivity contribution in [2.75, 3.05) is 10.6 Å². The molecule has 1 aliphatic heterocycles. The zero-order valence-electron chi connectivity index (χ0n) is 11.0. The van der Waals surface area contributed by atoms with Gasteiger partial charge in [0.05, 0.1) is 11.4 Å². The molecule has 0 saturated heterocycles. The Bertz CT molecular complexity index is 487. The molecule has 0 aromatic heterocycles. The molecule has 3 rings (SSSR count). The van der Waals surface area contributed by atoms with Gasteiger partial charge in [-0.25, -0.2) is 0 Å². The summed E-state index contributed by atoms with van der Waals surface area (Å²) >= 11 is 0. The quantitative estimate of drug-likeness (QED) is 0.735. The number of nitrogens with one attached hydrogen (secondary N) is 2. The van der Waals surface area contributed by atoms with Gasteiger partial charge in [-0.05, 0) is 56.2 Å². The number of amides is 1. The Hall–Kier alpha value is -1.51. The maximum absolute atomic E-state index is 12.4. The van der Waals surface area contributed by atoms with E-state index in [2.05, 4.69) is 30.5 Å². The van der Waals surface area contributed by atoms with Crippen molar-refractivity contribution in [3.05, 3.63) is 23.8 Å². The lowest BCUT2D eigenvalue weighted by Crippen LogP contribution is -2.54. The van der Waals surface area contributed by atoms with Crippen LogP contribution >= 0.6 is 0 Å². The average molecular weight is 244 g/mol. The van der Waals surface area contributed by atoms with Gasteiger partial charge in [0.1, 0.15) is 5.54 Å². The van der Waals surface area contributed by atoms with Crippen LogP contribution in [0.25, 0.3) is 0 Å². The molecule has 1 spiro atoms. The summed E-state index contributed by atoms with van der Waals surface area (Å²) in [4.78, 5) is 12.4. The Morgan fingerprint density at radius 3 is 2.67 bits per heavy atom. The number of benzene rings is 1. The molecule has 1 saturated carbocycles. The molecule has 3 heteroatoms. The molecule has 0 radical (unpaired) electrons. The van der Waals surface area contributed by atoms with E-state index in [0.717, 1.165) is 43.0 Å². The summed E-state index contributed by atoms with van der Waals surface area (Å²) in [6.07, 6.45) is 4.13. The molecule has 18 heavy (non-hydrogen) atoms. The molecule has 1 aliphatic carbocycles. The van der Waals surface area contributed by atoms with Crippen molar-refractivity contribution in [2.24, 2.45) is 5.92 Å². The van der Waals surface area contributed by atoms with E-state index in [0.29, 0.717) is 0 Å². The molecule has 1 amide bonds. The molecule has 1 aromatic rings. The van der Waals surface area contributed by atoms with Crippen molar-refractivity contribution in [1.29, 1.82) is 0 Å². The average Bonchev–Trinajstić information content (AvgIpc) is 2.35. The molecule has 2 aliphatic rings. The maximum atomic E-state index is 12.4. The Balaban J connectivity index is 1.93. The first kappa shape index (κ1) is 11.6. The number of hydrogen-bond donors (Lipinski definition) is 2. The highest BCUT2D eigenvalue weighted by Crippen LogP contribution is 2.40. The van der Waals surface area contributed by atoms with Crippen LogP contribution in [0, 0.1) is 12.8 Å². The van der Waals surface area contributed by atoms with Gasteiger partial charge in [0.15, 0.2) is 0 Å². The van der Waals surface area contributed by atoms with Gasteiger partial charge in [-0.2, -0.15) is 0 Å². The van der Waals surface area contributed by atoms with Crippen LogP contribution in [0.3, 0.4) is 0 Å². The van der Waals surface area contributed by atoms with E-state index in [4.69, 9.17) is 0 Å². The van der Waals surface area contributed by atoms with Crippen LogP contribution in [0.5, 0.6) is 0 Å². The van der Waals surface area contributed by atoms with E-state index < -0.39 is 0 Å². The lowest BCUT2D eigenvalue weighted by molar-refractivity contribution is -0.121. The minimum atomic E-state index is -0.368. The third kappa shape index (κ3) is 1.78. The van der Waals surface area contributed by atoms with Gasteiger partial charge >= 0.3 is 0 Å². The summed E-state index contributed by atoms with van der Waals surface area (Å²) in [5.74, 6) is 0.884. The Labute approximate surface area is 108 Å². The zero-order valence-corrected chi connectivity index (χ0v) is 11.0. The van der Waals surface area contributed by atoms with Crippen molar-refractivity contribution in [2.45, 2.75) is 45.1 Å². The Morgan fingerprint density at radius 2 is 1.94 bits per heavy atom. The number of hydrogen-bond acceptors (Lipinski definition) is 2. The first-order chi connectivity index (χ1) is 8.59. The Morgan fingerprint density at radius 1 is 1.22 bits per heavy atom. The smallest absolute Gasteiger partial charge is 0.250 e. The lowest BCUT2D eigenvalue weighted by atomic mass is 9.75. The topological polar surface area (TPSA) is 41.1 Å². The van der Waals surface area contributed by atoms with Gasteiger partial charge in [-0.15, -0.1) is 0 Å². The van der Waals surface area contributed by atoms with Crippen molar-refractivity contribution in [3.63, 3.8) is 0 Å². The van der Waals surface area contributed by atoms with Crippen LogP contribution < -0.4 is 10.6 Å². The van der Waals surface area contributed by atoms with Gasteiger partial charge in [0.25, 0.3) is 0 Å². The molecule has 0 unspecified atom stereocenters. The maximum Gasteiger partial charge on any atom is 0.250 e. The van der Waals surface area contributed by atoms with Crippen LogP contribution in [-0.2, 0) is 4.79 Å². The summed E-state index contributed by atoms with van der Waals surface area (Å²) in [5, 5.41) is 6.57. The van der Waals surface area contributed by atoms with Crippen LogP contribution in [0.4, 0.5) is 11.4 Å². The molecule has 0 atom stereocenters. The summed E-state index contributed by atoms with van der Waals surface area (Å²) in [5.41, 5.74) is 2.84. The molecule has 3 nitrogen and oxygen atoms in total. The van der Waals surface area contributed by atoms with E-state index in [1.165, 1.54) is 5.56 Å². The van der Waals surface area contributed by atoms with E-state index >= 15 is 0 Å². The highest BCUT2D eigenvalue weighted by Gasteiger charge is 2.43. The van der Waals surface area contributed by atoms with Crippen LogP contribution in [0.2, 0.25) is 0 Å². The van der Waals surface area contributed by atoms with E-state index in [-0.39, 0.29) is 11.4 Å². The summed E-state index contributed by atoms with van der Waals surface area (Å²) in [6, 6.07) is 6.13. The van der Waals surface area contributed by atoms with Gasteiger partial charge in [0.2, 0.25) is 5.91 Å². The number of aryl methyl sites for hydroxylation is 1. The summed E-state index contributed by atoms with van der Waals surface area (Å²) in [7, 11) is 0. The molecule has 2 N–H and O–H groups in total.